The Labute approximate surface area is 116 Å². The highest BCUT2D eigenvalue weighted by atomic mass is 16.5. The molecule has 0 fully saturated rings. The van der Waals surface area contributed by atoms with Gasteiger partial charge in [-0.3, -0.25) is 0 Å². The number of hydrogen-bond donors (Lipinski definition) is 1. The van der Waals surface area contributed by atoms with Crippen LogP contribution in [0.2, 0.25) is 0 Å². The zero-order valence-corrected chi connectivity index (χ0v) is 11.2. The molecule has 0 aliphatic carbocycles. The molecule has 0 amide bonds. The van der Waals surface area contributed by atoms with Crippen LogP contribution in [0.15, 0.2) is 30.6 Å². The zero-order chi connectivity index (χ0) is 13.9. The van der Waals surface area contributed by atoms with Gasteiger partial charge in [0.05, 0.1) is 23.9 Å². The smallest absolute Gasteiger partial charge is 0.337 e. The number of hydrogen-bond acceptors (Lipinski definition) is 5. The highest BCUT2D eigenvalue weighted by molar-refractivity contribution is 5.97. The molecule has 20 heavy (non-hydrogen) atoms. The van der Waals surface area contributed by atoms with Crippen molar-refractivity contribution in [1.82, 2.24) is 15.3 Å². The fourth-order valence-corrected chi connectivity index (χ4v) is 2.40. The van der Waals surface area contributed by atoms with E-state index in [0.717, 1.165) is 36.1 Å². The van der Waals surface area contributed by atoms with Gasteiger partial charge in [-0.2, -0.15) is 0 Å². The number of fused-ring (bicyclic) bond motifs is 1. The minimum absolute atomic E-state index is 0.354. The molecule has 0 unspecified atom stereocenters. The molecule has 1 N–H and O–H groups in total. The maximum Gasteiger partial charge on any atom is 0.337 e. The fraction of sp³-hybridized carbons (Fsp3) is 0.267. The van der Waals surface area contributed by atoms with Crippen LogP contribution in [0.4, 0.5) is 0 Å². The standard InChI is InChI=1S/C15H15N3O2/c1-20-15(19)11-2-3-12-13(8-11)17-9-18-14(12)10-4-6-16-7-5-10/h2-4,8-9,16H,5-7H2,1H3. The molecule has 5 heteroatoms. The summed E-state index contributed by atoms with van der Waals surface area (Å²) in [5, 5.41) is 4.25. The quantitative estimate of drug-likeness (QED) is 0.842. The van der Waals surface area contributed by atoms with Crippen molar-refractivity contribution < 1.29 is 9.53 Å². The van der Waals surface area contributed by atoms with Gasteiger partial charge in [-0.25, -0.2) is 14.8 Å². The molecule has 1 aromatic heterocycles. The lowest BCUT2D eigenvalue weighted by molar-refractivity contribution is 0.0601. The molecule has 0 atom stereocenters. The lowest BCUT2D eigenvalue weighted by Crippen LogP contribution is -2.20. The topological polar surface area (TPSA) is 64.1 Å². The number of carbonyl (C=O) groups is 1. The molecule has 1 aromatic carbocycles. The summed E-state index contributed by atoms with van der Waals surface area (Å²) in [6.45, 7) is 1.82. The second-order valence-corrected chi connectivity index (χ2v) is 4.63. The molecule has 1 aliphatic rings. The number of methoxy groups -OCH3 is 1. The van der Waals surface area contributed by atoms with Gasteiger partial charge in [0, 0.05) is 11.9 Å². The summed E-state index contributed by atoms with van der Waals surface area (Å²) >= 11 is 0. The second-order valence-electron chi connectivity index (χ2n) is 4.63. The Morgan fingerprint density at radius 2 is 2.25 bits per heavy atom. The SMILES string of the molecule is COC(=O)c1ccc2c(C3=CCNCC3)ncnc2c1. The summed E-state index contributed by atoms with van der Waals surface area (Å²) in [4.78, 5) is 20.2. The number of benzene rings is 1. The van der Waals surface area contributed by atoms with E-state index < -0.39 is 0 Å². The van der Waals surface area contributed by atoms with Gasteiger partial charge < -0.3 is 10.1 Å². The van der Waals surface area contributed by atoms with Crippen LogP contribution in [-0.2, 0) is 4.74 Å². The van der Waals surface area contributed by atoms with Crippen molar-refractivity contribution in [1.29, 1.82) is 0 Å². The van der Waals surface area contributed by atoms with Crippen molar-refractivity contribution in [3.8, 4) is 0 Å². The summed E-state index contributed by atoms with van der Waals surface area (Å²) < 4.78 is 4.73. The molecular formula is C15H15N3O2. The number of nitrogens with zero attached hydrogens (tertiary/aromatic N) is 2. The van der Waals surface area contributed by atoms with E-state index in [1.807, 2.05) is 6.07 Å². The Balaban J connectivity index is 2.11. The van der Waals surface area contributed by atoms with E-state index >= 15 is 0 Å². The summed E-state index contributed by atoms with van der Waals surface area (Å²) in [6.07, 6.45) is 4.64. The summed E-state index contributed by atoms with van der Waals surface area (Å²) in [6, 6.07) is 5.39. The van der Waals surface area contributed by atoms with Gasteiger partial charge in [0.2, 0.25) is 0 Å². The molecule has 5 nitrogen and oxygen atoms in total. The molecule has 0 saturated heterocycles. The van der Waals surface area contributed by atoms with Gasteiger partial charge in [-0.15, -0.1) is 0 Å². The Morgan fingerprint density at radius 3 is 3.00 bits per heavy atom. The molecule has 0 spiro atoms. The monoisotopic (exact) mass is 269 g/mol. The number of esters is 1. The third kappa shape index (κ3) is 2.28. The van der Waals surface area contributed by atoms with E-state index in [1.54, 1.807) is 18.5 Å². The lowest BCUT2D eigenvalue weighted by Gasteiger charge is -2.15. The van der Waals surface area contributed by atoms with Crippen LogP contribution in [0.3, 0.4) is 0 Å². The molecule has 102 valence electrons. The zero-order valence-electron chi connectivity index (χ0n) is 11.2. The van der Waals surface area contributed by atoms with Gasteiger partial charge >= 0.3 is 5.97 Å². The fourth-order valence-electron chi connectivity index (χ4n) is 2.40. The third-order valence-corrected chi connectivity index (χ3v) is 3.43. The highest BCUT2D eigenvalue weighted by Crippen LogP contribution is 2.25. The van der Waals surface area contributed by atoms with Crippen LogP contribution in [0.1, 0.15) is 22.5 Å². The third-order valence-electron chi connectivity index (χ3n) is 3.43. The Bertz CT molecular complexity index is 695. The van der Waals surface area contributed by atoms with Crippen molar-refractivity contribution in [3.63, 3.8) is 0 Å². The number of nitrogens with one attached hydrogen (secondary N) is 1. The molecule has 2 heterocycles. The first-order valence-electron chi connectivity index (χ1n) is 6.53. The van der Waals surface area contributed by atoms with Crippen molar-refractivity contribution in [2.45, 2.75) is 6.42 Å². The van der Waals surface area contributed by atoms with Crippen LogP contribution in [0.5, 0.6) is 0 Å². The second kappa shape index (κ2) is 5.38. The van der Waals surface area contributed by atoms with E-state index in [9.17, 15) is 4.79 Å². The number of aromatic nitrogens is 2. The molecule has 0 radical (unpaired) electrons. The van der Waals surface area contributed by atoms with Crippen molar-refractivity contribution in [2.24, 2.45) is 0 Å². The van der Waals surface area contributed by atoms with Gasteiger partial charge in [-0.05, 0) is 36.7 Å². The van der Waals surface area contributed by atoms with Gasteiger partial charge in [0.15, 0.2) is 0 Å². The number of rotatable bonds is 2. The van der Waals surface area contributed by atoms with Gasteiger partial charge in [-0.1, -0.05) is 6.08 Å². The van der Waals surface area contributed by atoms with Crippen LogP contribution in [-0.4, -0.2) is 36.1 Å². The number of ether oxygens (including phenoxy) is 1. The van der Waals surface area contributed by atoms with E-state index in [1.165, 1.54) is 12.7 Å². The summed E-state index contributed by atoms with van der Waals surface area (Å²) in [5.41, 5.74) is 3.44. The number of carbonyl (C=O) groups excluding carboxylic acids is 1. The first kappa shape index (κ1) is 12.7. The Kier molecular flexibility index (Phi) is 3.43. The first-order valence-corrected chi connectivity index (χ1v) is 6.53. The van der Waals surface area contributed by atoms with E-state index in [0.29, 0.717) is 5.56 Å². The highest BCUT2D eigenvalue weighted by Gasteiger charge is 2.13. The maximum absolute atomic E-state index is 11.6. The summed E-state index contributed by atoms with van der Waals surface area (Å²) in [7, 11) is 1.37. The molecule has 0 saturated carbocycles. The Hall–Kier alpha value is -2.27. The molecule has 2 aromatic rings. The van der Waals surface area contributed by atoms with Crippen LogP contribution >= 0.6 is 0 Å². The van der Waals surface area contributed by atoms with E-state index in [-0.39, 0.29) is 5.97 Å². The van der Waals surface area contributed by atoms with Crippen molar-refractivity contribution >= 4 is 22.4 Å². The minimum atomic E-state index is -0.354. The van der Waals surface area contributed by atoms with Crippen molar-refractivity contribution in [2.75, 3.05) is 20.2 Å². The Morgan fingerprint density at radius 1 is 1.35 bits per heavy atom. The van der Waals surface area contributed by atoms with Crippen LogP contribution in [0, 0.1) is 0 Å². The largest absolute Gasteiger partial charge is 0.465 e. The van der Waals surface area contributed by atoms with E-state index in [2.05, 4.69) is 21.4 Å². The average Bonchev–Trinajstić information content (AvgIpc) is 2.53. The van der Waals surface area contributed by atoms with Crippen molar-refractivity contribution in [3.05, 3.63) is 41.9 Å². The average molecular weight is 269 g/mol. The maximum atomic E-state index is 11.6. The van der Waals surface area contributed by atoms with Gasteiger partial charge in [0.25, 0.3) is 0 Å². The van der Waals surface area contributed by atoms with Crippen LogP contribution < -0.4 is 5.32 Å². The predicted molar refractivity (Wildman–Crippen MR) is 76.3 cm³/mol. The molecular weight excluding hydrogens is 254 g/mol. The predicted octanol–water partition coefficient (Wildman–Crippen LogP) is 1.79. The minimum Gasteiger partial charge on any atom is -0.465 e. The molecule has 1 aliphatic heterocycles. The van der Waals surface area contributed by atoms with E-state index in [4.69, 9.17) is 4.74 Å². The summed E-state index contributed by atoms with van der Waals surface area (Å²) in [5.74, 6) is -0.354. The molecule has 3 rings (SSSR count). The first-order chi connectivity index (χ1) is 9.79. The van der Waals surface area contributed by atoms with Gasteiger partial charge in [0.1, 0.15) is 6.33 Å². The lowest BCUT2D eigenvalue weighted by atomic mass is 10.0. The van der Waals surface area contributed by atoms with Crippen LogP contribution in [0.25, 0.3) is 16.5 Å². The molecule has 0 bridgehead atoms. The normalized spacial score (nSPS) is 14.9.